The molecule has 0 unspecified atom stereocenters. The Bertz CT molecular complexity index is 685. The normalized spacial score (nSPS) is 11.9. The van der Waals surface area contributed by atoms with E-state index in [0.717, 1.165) is 0 Å². The molecule has 0 nitrogen and oxygen atoms in total. The van der Waals surface area contributed by atoms with E-state index in [1.807, 2.05) is 0 Å². The highest BCUT2D eigenvalue weighted by atomic mass is 32.1. The molecule has 0 fully saturated rings. The van der Waals surface area contributed by atoms with Gasteiger partial charge in [0.05, 0.1) is 0 Å². The highest BCUT2D eigenvalue weighted by Gasteiger charge is 2.02. The van der Waals surface area contributed by atoms with Gasteiger partial charge in [0, 0.05) is 4.88 Å². The lowest BCUT2D eigenvalue weighted by atomic mass is 9.99. The SMILES string of the molecule is CC(=Cc1cccs1)c1cccc2ccccc12. The fourth-order valence-electron chi connectivity index (χ4n) is 2.23. The van der Waals surface area contributed by atoms with Crippen LogP contribution in [-0.4, -0.2) is 0 Å². The lowest BCUT2D eigenvalue weighted by Crippen LogP contribution is -1.82. The summed E-state index contributed by atoms with van der Waals surface area (Å²) in [6.07, 6.45) is 2.26. The maximum Gasteiger partial charge on any atom is 0.0273 e. The van der Waals surface area contributed by atoms with Crippen molar-refractivity contribution in [2.75, 3.05) is 0 Å². The molecule has 1 heteroatoms. The van der Waals surface area contributed by atoms with Gasteiger partial charge >= 0.3 is 0 Å². The first kappa shape index (κ1) is 11.2. The summed E-state index contributed by atoms with van der Waals surface area (Å²) in [5.74, 6) is 0. The first-order chi connectivity index (χ1) is 8.84. The second-order valence-electron chi connectivity index (χ2n) is 4.37. The highest BCUT2D eigenvalue weighted by molar-refractivity contribution is 7.10. The van der Waals surface area contributed by atoms with Crippen molar-refractivity contribution in [3.05, 3.63) is 70.4 Å². The largest absolute Gasteiger partial charge is 0.144 e. The Balaban J connectivity index is 2.14. The Morgan fingerprint density at radius 1 is 0.944 bits per heavy atom. The summed E-state index contributed by atoms with van der Waals surface area (Å²) in [5.41, 5.74) is 2.63. The Labute approximate surface area is 111 Å². The van der Waals surface area contributed by atoms with E-state index >= 15 is 0 Å². The molecule has 0 aliphatic carbocycles. The molecule has 0 amide bonds. The molecule has 0 radical (unpaired) electrons. The number of hydrogen-bond acceptors (Lipinski definition) is 1. The minimum atomic E-state index is 1.30. The highest BCUT2D eigenvalue weighted by Crippen LogP contribution is 2.27. The molecule has 1 heterocycles. The summed E-state index contributed by atoms with van der Waals surface area (Å²) in [6, 6.07) is 19.3. The number of benzene rings is 2. The molecule has 3 aromatic rings. The van der Waals surface area contributed by atoms with Crippen LogP contribution in [0.15, 0.2) is 60.0 Å². The van der Waals surface area contributed by atoms with Crippen LogP contribution in [-0.2, 0) is 0 Å². The van der Waals surface area contributed by atoms with Crippen LogP contribution < -0.4 is 0 Å². The fraction of sp³-hybridized carbons (Fsp3) is 0.0588. The predicted molar refractivity (Wildman–Crippen MR) is 81.8 cm³/mol. The van der Waals surface area contributed by atoms with E-state index in [-0.39, 0.29) is 0 Å². The third-order valence-electron chi connectivity index (χ3n) is 3.12. The van der Waals surface area contributed by atoms with Crippen LogP contribution in [0.3, 0.4) is 0 Å². The van der Waals surface area contributed by atoms with Crippen molar-refractivity contribution in [3.63, 3.8) is 0 Å². The van der Waals surface area contributed by atoms with Crippen molar-refractivity contribution in [2.45, 2.75) is 6.92 Å². The van der Waals surface area contributed by atoms with E-state index in [0.29, 0.717) is 0 Å². The molecular weight excluding hydrogens is 236 g/mol. The number of thiophene rings is 1. The van der Waals surface area contributed by atoms with E-state index in [9.17, 15) is 0 Å². The predicted octanol–water partition coefficient (Wildman–Crippen LogP) is 5.46. The van der Waals surface area contributed by atoms with E-state index in [2.05, 4.69) is 73.0 Å². The summed E-state index contributed by atoms with van der Waals surface area (Å²) in [5, 5.41) is 4.74. The van der Waals surface area contributed by atoms with Crippen LogP contribution in [0.4, 0.5) is 0 Å². The maximum atomic E-state index is 2.26. The standard InChI is InChI=1S/C17H14S/c1-13(12-15-8-5-11-18-15)16-10-4-7-14-6-2-3-9-17(14)16/h2-12H,1H3. The van der Waals surface area contributed by atoms with E-state index < -0.39 is 0 Å². The number of fused-ring (bicyclic) bond motifs is 1. The smallest absolute Gasteiger partial charge is 0.0273 e. The van der Waals surface area contributed by atoms with Gasteiger partial charge in [0.25, 0.3) is 0 Å². The molecule has 0 aliphatic rings. The van der Waals surface area contributed by atoms with Crippen LogP contribution in [0, 0.1) is 0 Å². The molecule has 0 aliphatic heterocycles. The summed E-state index contributed by atoms with van der Waals surface area (Å²) in [7, 11) is 0. The third kappa shape index (κ3) is 2.09. The van der Waals surface area contributed by atoms with Gasteiger partial charge in [-0.3, -0.25) is 0 Å². The fourth-order valence-corrected chi connectivity index (χ4v) is 2.95. The molecule has 18 heavy (non-hydrogen) atoms. The Hall–Kier alpha value is -1.86. The molecular formula is C17H14S. The summed E-state index contributed by atoms with van der Waals surface area (Å²) >= 11 is 1.77. The average molecular weight is 250 g/mol. The van der Waals surface area contributed by atoms with Crippen molar-refractivity contribution < 1.29 is 0 Å². The van der Waals surface area contributed by atoms with Gasteiger partial charge < -0.3 is 0 Å². The van der Waals surface area contributed by atoms with Gasteiger partial charge in [0.15, 0.2) is 0 Å². The second-order valence-corrected chi connectivity index (χ2v) is 5.35. The van der Waals surface area contributed by atoms with Crippen molar-refractivity contribution in [2.24, 2.45) is 0 Å². The Morgan fingerprint density at radius 2 is 1.78 bits per heavy atom. The quantitative estimate of drug-likeness (QED) is 0.566. The topological polar surface area (TPSA) is 0 Å². The Morgan fingerprint density at radius 3 is 2.61 bits per heavy atom. The molecule has 0 N–H and O–H groups in total. The Kier molecular flexibility index (Phi) is 2.99. The lowest BCUT2D eigenvalue weighted by Gasteiger charge is -2.06. The monoisotopic (exact) mass is 250 g/mol. The van der Waals surface area contributed by atoms with Gasteiger partial charge in [-0.1, -0.05) is 48.5 Å². The van der Waals surface area contributed by atoms with E-state index in [1.54, 1.807) is 11.3 Å². The molecule has 0 bridgehead atoms. The van der Waals surface area contributed by atoms with Crippen molar-refractivity contribution in [3.8, 4) is 0 Å². The zero-order valence-electron chi connectivity index (χ0n) is 10.3. The van der Waals surface area contributed by atoms with E-state index in [4.69, 9.17) is 0 Å². The number of allylic oxidation sites excluding steroid dienone is 1. The average Bonchev–Trinajstić information content (AvgIpc) is 2.91. The summed E-state index contributed by atoms with van der Waals surface area (Å²) in [4.78, 5) is 1.31. The van der Waals surface area contributed by atoms with Crippen LogP contribution in [0.1, 0.15) is 17.4 Å². The zero-order valence-corrected chi connectivity index (χ0v) is 11.1. The van der Waals surface area contributed by atoms with Gasteiger partial charge in [0.2, 0.25) is 0 Å². The molecule has 88 valence electrons. The van der Waals surface area contributed by atoms with Gasteiger partial charge in [-0.05, 0) is 46.4 Å². The zero-order chi connectivity index (χ0) is 12.4. The number of rotatable bonds is 2. The first-order valence-electron chi connectivity index (χ1n) is 6.04. The van der Waals surface area contributed by atoms with Crippen molar-refractivity contribution >= 4 is 33.8 Å². The van der Waals surface area contributed by atoms with Gasteiger partial charge in [-0.15, -0.1) is 11.3 Å². The molecule has 0 atom stereocenters. The molecule has 3 rings (SSSR count). The van der Waals surface area contributed by atoms with Crippen LogP contribution in [0.5, 0.6) is 0 Å². The minimum absolute atomic E-state index is 1.30. The van der Waals surface area contributed by atoms with Crippen LogP contribution in [0.25, 0.3) is 22.4 Å². The number of hydrogen-bond donors (Lipinski definition) is 0. The van der Waals surface area contributed by atoms with Crippen molar-refractivity contribution in [1.82, 2.24) is 0 Å². The van der Waals surface area contributed by atoms with Gasteiger partial charge in [0.1, 0.15) is 0 Å². The van der Waals surface area contributed by atoms with Crippen LogP contribution >= 0.6 is 11.3 Å². The molecule has 0 saturated carbocycles. The van der Waals surface area contributed by atoms with E-state index in [1.165, 1.54) is 26.8 Å². The second kappa shape index (κ2) is 4.79. The molecule has 2 aromatic carbocycles. The summed E-state index contributed by atoms with van der Waals surface area (Å²) < 4.78 is 0. The molecule has 1 aromatic heterocycles. The lowest BCUT2D eigenvalue weighted by molar-refractivity contribution is 1.63. The maximum absolute atomic E-state index is 2.26. The van der Waals surface area contributed by atoms with Crippen LogP contribution in [0.2, 0.25) is 0 Å². The molecule has 0 saturated heterocycles. The summed E-state index contributed by atoms with van der Waals surface area (Å²) in [6.45, 7) is 2.18. The van der Waals surface area contributed by atoms with Gasteiger partial charge in [-0.25, -0.2) is 0 Å². The minimum Gasteiger partial charge on any atom is -0.144 e. The molecule has 0 spiro atoms. The van der Waals surface area contributed by atoms with Gasteiger partial charge in [-0.2, -0.15) is 0 Å². The first-order valence-corrected chi connectivity index (χ1v) is 6.92. The van der Waals surface area contributed by atoms with Crippen molar-refractivity contribution in [1.29, 1.82) is 0 Å². The third-order valence-corrected chi connectivity index (χ3v) is 3.94.